The Hall–Kier alpha value is -3.55. The second kappa shape index (κ2) is 7.12. The lowest BCUT2D eigenvalue weighted by molar-refractivity contribution is -0.116. The number of hydrogen-bond donors (Lipinski definition) is 1. The third kappa shape index (κ3) is 3.26. The molecule has 0 bridgehead atoms. The molecule has 2 heterocycles. The van der Waals surface area contributed by atoms with E-state index >= 15 is 0 Å². The van der Waals surface area contributed by atoms with E-state index in [1.54, 1.807) is 36.9 Å². The first-order chi connectivity index (χ1) is 13.9. The van der Waals surface area contributed by atoms with Crippen molar-refractivity contribution in [1.29, 1.82) is 0 Å². The molecular weight excluding hydrogens is 378 g/mol. The van der Waals surface area contributed by atoms with Gasteiger partial charge in [-0.1, -0.05) is 12.1 Å². The Morgan fingerprint density at radius 1 is 1.17 bits per heavy atom. The smallest absolute Gasteiger partial charge is 0.262 e. The molecule has 1 N–H and O–H groups in total. The fourth-order valence-electron chi connectivity index (χ4n) is 3.49. The van der Waals surface area contributed by atoms with Gasteiger partial charge in [-0.2, -0.15) is 5.10 Å². The summed E-state index contributed by atoms with van der Waals surface area (Å²) in [6.07, 6.45) is 1.38. The molecule has 29 heavy (non-hydrogen) atoms. The topological polar surface area (TPSA) is 68.9 Å². The van der Waals surface area contributed by atoms with Gasteiger partial charge in [-0.25, -0.2) is 8.78 Å². The number of amides is 1. The number of aromatic nitrogens is 3. The second-order valence-electron chi connectivity index (χ2n) is 6.88. The highest BCUT2D eigenvalue weighted by molar-refractivity contribution is 6.03. The molecule has 0 saturated carbocycles. The molecule has 2 aromatic carbocycles. The van der Waals surface area contributed by atoms with Crippen molar-refractivity contribution in [1.82, 2.24) is 14.3 Å². The first-order valence-electron chi connectivity index (χ1n) is 9.05. The summed E-state index contributed by atoms with van der Waals surface area (Å²) in [5.41, 5.74) is 1.12. The van der Waals surface area contributed by atoms with E-state index in [9.17, 15) is 18.4 Å². The van der Waals surface area contributed by atoms with Gasteiger partial charge in [-0.3, -0.25) is 14.3 Å². The molecule has 8 heteroatoms. The minimum Gasteiger partial charge on any atom is -0.324 e. The average molecular weight is 396 g/mol. The Bertz CT molecular complexity index is 1320. The first kappa shape index (κ1) is 18.8. The fraction of sp³-hybridized carbons (Fsp3) is 0.190. The highest BCUT2D eigenvalue weighted by Crippen LogP contribution is 2.23. The van der Waals surface area contributed by atoms with Crippen LogP contribution in [0.2, 0.25) is 0 Å². The lowest BCUT2D eigenvalue weighted by Gasteiger charge is -2.13. The summed E-state index contributed by atoms with van der Waals surface area (Å²) in [7, 11) is 1.71. The van der Waals surface area contributed by atoms with E-state index in [0.29, 0.717) is 27.4 Å². The molecule has 0 saturated heterocycles. The van der Waals surface area contributed by atoms with Crippen molar-refractivity contribution in [2.24, 2.45) is 7.05 Å². The molecule has 0 spiro atoms. The quantitative estimate of drug-likeness (QED) is 0.574. The number of pyridine rings is 1. The van der Waals surface area contributed by atoms with Gasteiger partial charge in [-0.15, -0.1) is 0 Å². The van der Waals surface area contributed by atoms with Crippen molar-refractivity contribution in [3.05, 3.63) is 70.1 Å². The van der Waals surface area contributed by atoms with Gasteiger partial charge in [0.05, 0.1) is 28.3 Å². The van der Waals surface area contributed by atoms with Gasteiger partial charge in [0.15, 0.2) is 0 Å². The van der Waals surface area contributed by atoms with Crippen molar-refractivity contribution in [2.75, 3.05) is 5.32 Å². The predicted octanol–water partition coefficient (Wildman–Crippen LogP) is 3.50. The summed E-state index contributed by atoms with van der Waals surface area (Å²) < 4.78 is 30.9. The monoisotopic (exact) mass is 396 g/mol. The Balaban J connectivity index is 1.69. The molecule has 0 atom stereocenters. The highest BCUT2D eigenvalue weighted by atomic mass is 19.1. The number of halogens is 2. The van der Waals surface area contributed by atoms with Crippen LogP contribution in [0.15, 0.2) is 47.4 Å². The summed E-state index contributed by atoms with van der Waals surface area (Å²) in [6.45, 7) is 1.62. The van der Waals surface area contributed by atoms with Crippen molar-refractivity contribution in [2.45, 2.75) is 19.9 Å². The number of carbonyl (C=O) groups excluding carboxylic acids is 1. The minimum absolute atomic E-state index is 0.0168. The lowest BCUT2D eigenvalue weighted by Crippen LogP contribution is -2.24. The first-order valence-corrected chi connectivity index (χ1v) is 9.05. The summed E-state index contributed by atoms with van der Waals surface area (Å²) >= 11 is 0. The number of aryl methyl sites for hydroxylation is 3. The zero-order valence-electron chi connectivity index (χ0n) is 15.9. The van der Waals surface area contributed by atoms with Gasteiger partial charge in [0.2, 0.25) is 5.91 Å². The molecule has 2 aromatic heterocycles. The molecule has 0 radical (unpaired) electrons. The van der Waals surface area contributed by atoms with E-state index in [-0.39, 0.29) is 24.2 Å². The normalized spacial score (nSPS) is 11.3. The second-order valence-corrected chi connectivity index (χ2v) is 6.88. The molecular formula is C21H18F2N4O2. The maximum atomic E-state index is 14.1. The largest absolute Gasteiger partial charge is 0.324 e. The van der Waals surface area contributed by atoms with Crippen molar-refractivity contribution < 1.29 is 13.6 Å². The van der Waals surface area contributed by atoms with Gasteiger partial charge < -0.3 is 9.88 Å². The van der Waals surface area contributed by atoms with Crippen molar-refractivity contribution in [3.8, 4) is 0 Å². The van der Waals surface area contributed by atoms with Crippen LogP contribution in [0.5, 0.6) is 0 Å². The van der Waals surface area contributed by atoms with E-state index in [2.05, 4.69) is 10.4 Å². The van der Waals surface area contributed by atoms with Crippen LogP contribution in [0.4, 0.5) is 14.5 Å². The standard InChI is InChI=1S/C21H18F2N4O2/c1-12-4-3-5-16(19(12)23)25-18(28)8-9-27-17-10-13(22)6-7-14(17)20-15(21(27)29)11-24-26(20)2/h3-7,10-11H,8-9H2,1-2H3,(H,25,28). The number of benzene rings is 2. The Labute approximate surface area is 164 Å². The molecule has 0 aliphatic carbocycles. The van der Waals surface area contributed by atoms with Crippen LogP contribution in [-0.4, -0.2) is 20.3 Å². The lowest BCUT2D eigenvalue weighted by atomic mass is 10.1. The van der Waals surface area contributed by atoms with Crippen LogP contribution in [-0.2, 0) is 18.4 Å². The van der Waals surface area contributed by atoms with Gasteiger partial charge in [0.1, 0.15) is 11.6 Å². The Morgan fingerprint density at radius 3 is 2.76 bits per heavy atom. The summed E-state index contributed by atoms with van der Waals surface area (Å²) in [4.78, 5) is 25.3. The van der Waals surface area contributed by atoms with Crippen LogP contribution in [0, 0.1) is 18.6 Å². The summed E-state index contributed by atoms with van der Waals surface area (Å²) in [5.74, 6) is -1.43. The minimum atomic E-state index is -0.498. The summed E-state index contributed by atoms with van der Waals surface area (Å²) in [6, 6.07) is 8.89. The van der Waals surface area contributed by atoms with Gasteiger partial charge in [-0.05, 0) is 36.8 Å². The van der Waals surface area contributed by atoms with Gasteiger partial charge >= 0.3 is 0 Å². The van der Waals surface area contributed by atoms with E-state index in [0.717, 1.165) is 0 Å². The Morgan fingerprint density at radius 2 is 1.97 bits per heavy atom. The molecule has 1 amide bonds. The van der Waals surface area contributed by atoms with Crippen LogP contribution < -0.4 is 10.9 Å². The number of fused-ring (bicyclic) bond motifs is 3. The number of nitrogens with zero attached hydrogens (tertiary/aromatic N) is 3. The third-order valence-electron chi connectivity index (χ3n) is 4.95. The SMILES string of the molecule is Cc1cccc(NC(=O)CCn2c(=O)c3cnn(C)c3c3ccc(F)cc32)c1F. The van der Waals surface area contributed by atoms with Crippen LogP contribution in [0.1, 0.15) is 12.0 Å². The van der Waals surface area contributed by atoms with E-state index in [4.69, 9.17) is 0 Å². The van der Waals surface area contributed by atoms with Gasteiger partial charge in [0, 0.05) is 25.4 Å². The molecule has 0 aliphatic rings. The zero-order valence-corrected chi connectivity index (χ0v) is 15.9. The van der Waals surface area contributed by atoms with E-state index in [1.807, 2.05) is 0 Å². The number of carbonyl (C=O) groups is 1. The van der Waals surface area contributed by atoms with Crippen LogP contribution >= 0.6 is 0 Å². The molecule has 4 rings (SSSR count). The molecule has 148 valence electrons. The molecule has 0 aliphatic heterocycles. The maximum Gasteiger partial charge on any atom is 0.262 e. The summed E-state index contributed by atoms with van der Waals surface area (Å²) in [5, 5.41) is 7.69. The average Bonchev–Trinajstić information content (AvgIpc) is 3.07. The Kier molecular flexibility index (Phi) is 4.62. The molecule has 0 fully saturated rings. The number of nitrogens with one attached hydrogen (secondary N) is 1. The van der Waals surface area contributed by atoms with Gasteiger partial charge in [0.25, 0.3) is 5.56 Å². The van der Waals surface area contributed by atoms with Crippen molar-refractivity contribution >= 4 is 33.4 Å². The highest BCUT2D eigenvalue weighted by Gasteiger charge is 2.16. The number of anilines is 1. The number of hydrogen-bond acceptors (Lipinski definition) is 3. The van der Waals surface area contributed by atoms with Crippen LogP contribution in [0.25, 0.3) is 21.8 Å². The molecule has 4 aromatic rings. The fourth-order valence-corrected chi connectivity index (χ4v) is 3.49. The maximum absolute atomic E-state index is 14.1. The molecule has 0 unspecified atom stereocenters. The molecule has 6 nitrogen and oxygen atoms in total. The van der Waals surface area contributed by atoms with E-state index in [1.165, 1.54) is 29.0 Å². The van der Waals surface area contributed by atoms with Crippen molar-refractivity contribution in [3.63, 3.8) is 0 Å². The van der Waals surface area contributed by atoms with Crippen LogP contribution in [0.3, 0.4) is 0 Å². The zero-order chi connectivity index (χ0) is 20.7. The van der Waals surface area contributed by atoms with E-state index < -0.39 is 17.5 Å². The third-order valence-corrected chi connectivity index (χ3v) is 4.95. The number of rotatable bonds is 4. The predicted molar refractivity (Wildman–Crippen MR) is 107 cm³/mol.